The molecule has 1 heterocycles. The summed E-state index contributed by atoms with van der Waals surface area (Å²) in [5, 5.41) is 3.79. The number of rotatable bonds is 3. The molecule has 3 atom stereocenters. The summed E-state index contributed by atoms with van der Waals surface area (Å²) in [6, 6.07) is 3.60. The molecule has 1 N–H and O–H groups in total. The van der Waals surface area contributed by atoms with Gasteiger partial charge < -0.3 is 5.32 Å². The van der Waals surface area contributed by atoms with Gasteiger partial charge in [-0.1, -0.05) is 6.92 Å². The second-order valence-corrected chi connectivity index (χ2v) is 6.83. The van der Waals surface area contributed by atoms with Crippen LogP contribution in [-0.4, -0.2) is 6.04 Å². The molecule has 2 rings (SSSR count). The average Bonchev–Trinajstić information content (AvgIpc) is 2.73. The van der Waals surface area contributed by atoms with Crippen molar-refractivity contribution in [3.05, 3.63) is 21.4 Å². The summed E-state index contributed by atoms with van der Waals surface area (Å²) in [5.41, 5.74) is 1.50. The maximum absolute atomic E-state index is 3.79. The summed E-state index contributed by atoms with van der Waals surface area (Å²) in [7, 11) is 0. The molecule has 1 aliphatic rings. The van der Waals surface area contributed by atoms with Crippen LogP contribution in [-0.2, 0) is 0 Å². The fourth-order valence-electron chi connectivity index (χ4n) is 2.88. The molecule has 1 nitrogen and oxygen atoms in total. The van der Waals surface area contributed by atoms with E-state index >= 15 is 0 Å². The number of thiophene rings is 1. The molecule has 0 bridgehead atoms. The van der Waals surface area contributed by atoms with Gasteiger partial charge in [0.1, 0.15) is 0 Å². The van der Waals surface area contributed by atoms with Crippen LogP contribution in [0.1, 0.15) is 54.5 Å². The quantitative estimate of drug-likeness (QED) is 0.830. The number of hydrogen-bond acceptors (Lipinski definition) is 2. The molecule has 2 heteroatoms. The normalized spacial score (nSPS) is 27.2. The highest BCUT2D eigenvalue weighted by Gasteiger charge is 2.23. The van der Waals surface area contributed by atoms with E-state index in [0.717, 1.165) is 12.0 Å². The Balaban J connectivity index is 1.97. The second-order valence-electron chi connectivity index (χ2n) is 5.37. The third kappa shape index (κ3) is 2.67. The predicted molar refractivity (Wildman–Crippen MR) is 72.1 cm³/mol. The number of nitrogens with one attached hydrogen (secondary N) is 1. The molecule has 1 aliphatic carbocycles. The molecule has 0 amide bonds. The van der Waals surface area contributed by atoms with Crippen molar-refractivity contribution < 1.29 is 0 Å². The Kier molecular flexibility index (Phi) is 3.70. The molecule has 1 aromatic rings. The molecule has 0 aliphatic heterocycles. The van der Waals surface area contributed by atoms with Gasteiger partial charge in [0.2, 0.25) is 0 Å². The van der Waals surface area contributed by atoms with Crippen LogP contribution in [0, 0.1) is 19.8 Å². The molecule has 3 unspecified atom stereocenters. The van der Waals surface area contributed by atoms with Crippen molar-refractivity contribution in [1.29, 1.82) is 0 Å². The van der Waals surface area contributed by atoms with Gasteiger partial charge in [-0.15, -0.1) is 11.3 Å². The smallest absolute Gasteiger partial charge is 0.0305 e. The van der Waals surface area contributed by atoms with E-state index in [1.165, 1.54) is 34.6 Å². The predicted octanol–water partition coefficient (Wildman–Crippen LogP) is 4.20. The highest BCUT2D eigenvalue weighted by atomic mass is 32.1. The van der Waals surface area contributed by atoms with Crippen molar-refractivity contribution in [3.63, 3.8) is 0 Å². The highest BCUT2D eigenvalue weighted by Crippen LogP contribution is 2.30. The maximum atomic E-state index is 3.79. The first-order chi connectivity index (χ1) is 7.56. The van der Waals surface area contributed by atoms with Crippen molar-refractivity contribution >= 4 is 11.3 Å². The molecular weight excluding hydrogens is 214 g/mol. The fraction of sp³-hybridized carbons (Fsp3) is 0.714. The van der Waals surface area contributed by atoms with Gasteiger partial charge in [-0.05, 0) is 57.6 Å². The average molecular weight is 237 g/mol. The van der Waals surface area contributed by atoms with Crippen LogP contribution in [0.4, 0.5) is 0 Å². The van der Waals surface area contributed by atoms with Gasteiger partial charge in [0, 0.05) is 21.8 Å². The Bertz CT molecular complexity index is 356. The summed E-state index contributed by atoms with van der Waals surface area (Å²) in [6.07, 6.45) is 4.10. The van der Waals surface area contributed by atoms with Crippen molar-refractivity contribution in [3.8, 4) is 0 Å². The van der Waals surface area contributed by atoms with Gasteiger partial charge in [-0.2, -0.15) is 0 Å². The fourth-order valence-corrected chi connectivity index (χ4v) is 3.90. The van der Waals surface area contributed by atoms with E-state index in [9.17, 15) is 0 Å². The Labute approximate surface area is 103 Å². The van der Waals surface area contributed by atoms with Crippen molar-refractivity contribution in [2.75, 3.05) is 0 Å². The largest absolute Gasteiger partial charge is 0.307 e. The van der Waals surface area contributed by atoms with E-state index in [-0.39, 0.29) is 0 Å². The summed E-state index contributed by atoms with van der Waals surface area (Å²) in [4.78, 5) is 2.91. The summed E-state index contributed by atoms with van der Waals surface area (Å²) in [5.74, 6) is 0.912. The Morgan fingerprint density at radius 3 is 2.62 bits per heavy atom. The van der Waals surface area contributed by atoms with Crippen molar-refractivity contribution in [2.24, 2.45) is 5.92 Å². The molecule has 1 fully saturated rings. The van der Waals surface area contributed by atoms with E-state index in [1.807, 2.05) is 11.3 Å². The van der Waals surface area contributed by atoms with Gasteiger partial charge >= 0.3 is 0 Å². The zero-order valence-corrected chi connectivity index (χ0v) is 11.7. The molecule has 0 spiro atoms. The lowest BCUT2D eigenvalue weighted by molar-refractivity contribution is 0.449. The van der Waals surface area contributed by atoms with Crippen LogP contribution in [0.2, 0.25) is 0 Å². The first-order valence-corrected chi connectivity index (χ1v) is 7.21. The lowest BCUT2D eigenvalue weighted by Gasteiger charge is -2.19. The first kappa shape index (κ1) is 12.1. The van der Waals surface area contributed by atoms with Crippen molar-refractivity contribution in [1.82, 2.24) is 5.32 Å². The highest BCUT2D eigenvalue weighted by molar-refractivity contribution is 7.12. The molecule has 1 saturated carbocycles. The minimum absolute atomic E-state index is 0.514. The minimum Gasteiger partial charge on any atom is -0.307 e. The maximum Gasteiger partial charge on any atom is 0.0305 e. The van der Waals surface area contributed by atoms with Gasteiger partial charge in [0.15, 0.2) is 0 Å². The van der Waals surface area contributed by atoms with E-state index in [1.54, 1.807) is 0 Å². The zero-order valence-electron chi connectivity index (χ0n) is 10.8. The SMILES string of the molecule is Cc1cc(C(C)NC2CCC(C)C2)c(C)s1. The molecule has 1 aromatic heterocycles. The van der Waals surface area contributed by atoms with Gasteiger partial charge in [-0.25, -0.2) is 0 Å². The van der Waals surface area contributed by atoms with Gasteiger partial charge in [0.05, 0.1) is 0 Å². The topological polar surface area (TPSA) is 12.0 Å². The van der Waals surface area contributed by atoms with Crippen LogP contribution >= 0.6 is 11.3 Å². The molecule has 0 aromatic carbocycles. The van der Waals surface area contributed by atoms with Crippen LogP contribution in [0.5, 0.6) is 0 Å². The Morgan fingerprint density at radius 2 is 2.12 bits per heavy atom. The second kappa shape index (κ2) is 4.89. The van der Waals surface area contributed by atoms with Crippen molar-refractivity contribution in [2.45, 2.75) is 59.0 Å². The number of aryl methyl sites for hydroxylation is 2. The van der Waals surface area contributed by atoms with Crippen LogP contribution < -0.4 is 5.32 Å². The van der Waals surface area contributed by atoms with Crippen LogP contribution in [0.25, 0.3) is 0 Å². The zero-order chi connectivity index (χ0) is 11.7. The minimum atomic E-state index is 0.514. The standard InChI is InChI=1S/C14H23NS/c1-9-5-6-13(7-9)15-11(3)14-8-10(2)16-12(14)4/h8-9,11,13,15H,5-7H2,1-4H3. The van der Waals surface area contributed by atoms with Gasteiger partial charge in [-0.3, -0.25) is 0 Å². The summed E-state index contributed by atoms with van der Waals surface area (Å²) < 4.78 is 0. The van der Waals surface area contributed by atoms with E-state index in [0.29, 0.717) is 6.04 Å². The lowest BCUT2D eigenvalue weighted by Crippen LogP contribution is -2.29. The van der Waals surface area contributed by atoms with E-state index < -0.39 is 0 Å². The molecule has 16 heavy (non-hydrogen) atoms. The Morgan fingerprint density at radius 1 is 1.38 bits per heavy atom. The monoisotopic (exact) mass is 237 g/mol. The third-order valence-corrected chi connectivity index (χ3v) is 4.71. The van der Waals surface area contributed by atoms with E-state index in [2.05, 4.69) is 39.1 Å². The molecule has 0 radical (unpaired) electrons. The van der Waals surface area contributed by atoms with Gasteiger partial charge in [0.25, 0.3) is 0 Å². The summed E-state index contributed by atoms with van der Waals surface area (Å²) >= 11 is 1.92. The Hall–Kier alpha value is -0.340. The molecule has 90 valence electrons. The molecule has 0 saturated heterocycles. The van der Waals surface area contributed by atoms with E-state index in [4.69, 9.17) is 0 Å². The van der Waals surface area contributed by atoms with Crippen LogP contribution in [0.3, 0.4) is 0 Å². The first-order valence-electron chi connectivity index (χ1n) is 6.39. The van der Waals surface area contributed by atoms with Crippen LogP contribution in [0.15, 0.2) is 6.07 Å². The number of hydrogen-bond donors (Lipinski definition) is 1. The third-order valence-electron chi connectivity index (χ3n) is 3.73. The lowest BCUT2D eigenvalue weighted by atomic mass is 10.1. The molecular formula is C14H23NS. The summed E-state index contributed by atoms with van der Waals surface area (Å²) in [6.45, 7) is 9.11.